The quantitative estimate of drug-likeness (QED) is 0.746. The van der Waals surface area contributed by atoms with Crippen LogP contribution < -0.4 is 4.74 Å². The van der Waals surface area contributed by atoms with Gasteiger partial charge in [0.05, 0.1) is 11.6 Å². The predicted molar refractivity (Wildman–Crippen MR) is 86.8 cm³/mol. The van der Waals surface area contributed by atoms with Gasteiger partial charge in [-0.2, -0.15) is 13.2 Å². The van der Waals surface area contributed by atoms with Gasteiger partial charge in [0.15, 0.2) is 0 Å². The summed E-state index contributed by atoms with van der Waals surface area (Å²) in [5.41, 5.74) is -2.24. The van der Waals surface area contributed by atoms with Crippen LogP contribution in [0, 0.1) is 0 Å². The van der Waals surface area contributed by atoms with Gasteiger partial charge >= 0.3 is 14.0 Å². The molecule has 1 amide bonds. The number of phosphoric acid groups is 1. The number of hydrogen-bond acceptors (Lipinski definition) is 4. The van der Waals surface area contributed by atoms with E-state index in [1.165, 1.54) is 18.7 Å². The Kier molecular flexibility index (Phi) is 4.83. The number of ether oxygens (including phenoxy) is 1. The Morgan fingerprint density at radius 2 is 2.00 bits per heavy atom. The number of halogens is 3. The van der Waals surface area contributed by atoms with Gasteiger partial charge in [-0.15, -0.1) is 0 Å². The van der Waals surface area contributed by atoms with Crippen molar-refractivity contribution in [2.45, 2.75) is 50.6 Å². The molecule has 1 saturated heterocycles. The van der Waals surface area contributed by atoms with Crippen LogP contribution in [0.15, 0.2) is 18.2 Å². The van der Waals surface area contributed by atoms with Crippen molar-refractivity contribution in [2.75, 3.05) is 6.54 Å². The zero-order valence-electron chi connectivity index (χ0n) is 14.6. The van der Waals surface area contributed by atoms with Crippen LogP contribution in [0.3, 0.4) is 0 Å². The van der Waals surface area contributed by atoms with Gasteiger partial charge in [-0.25, -0.2) is 4.57 Å². The molecule has 11 heteroatoms. The van der Waals surface area contributed by atoms with Crippen molar-refractivity contribution >= 4 is 13.7 Å². The molecule has 0 radical (unpaired) electrons. The first-order chi connectivity index (χ1) is 12.3. The molecule has 0 unspecified atom stereocenters. The smallest absolute Gasteiger partial charge is 0.470 e. The summed E-state index contributed by atoms with van der Waals surface area (Å²) in [5, 5.41) is 0. The van der Waals surface area contributed by atoms with Crippen molar-refractivity contribution in [2.24, 2.45) is 0 Å². The molecule has 7 nitrogen and oxygen atoms in total. The molecule has 0 saturated carbocycles. The minimum absolute atomic E-state index is 0.0119. The van der Waals surface area contributed by atoms with E-state index in [9.17, 15) is 32.3 Å². The number of carbonyl (C=O) groups excluding carboxylic acids is 1. The lowest BCUT2D eigenvalue weighted by Gasteiger charge is -2.47. The van der Waals surface area contributed by atoms with Crippen LogP contribution in [0.2, 0.25) is 0 Å². The van der Waals surface area contributed by atoms with Crippen molar-refractivity contribution in [3.8, 4) is 5.75 Å². The van der Waals surface area contributed by atoms with Crippen molar-refractivity contribution in [3.63, 3.8) is 0 Å². The van der Waals surface area contributed by atoms with Gasteiger partial charge < -0.3 is 19.4 Å². The molecule has 0 bridgehead atoms. The Hall–Kier alpha value is -1.61. The minimum atomic E-state index is -5.01. The minimum Gasteiger partial charge on any atom is -0.485 e. The number of nitrogens with zero attached hydrogens (tertiary/aromatic N) is 1. The van der Waals surface area contributed by atoms with Crippen LogP contribution in [0.1, 0.15) is 43.9 Å². The van der Waals surface area contributed by atoms with Crippen LogP contribution in [-0.2, 0) is 20.1 Å². The van der Waals surface area contributed by atoms with Gasteiger partial charge in [0, 0.05) is 18.5 Å². The second-order valence-electron chi connectivity index (χ2n) is 7.11. The largest absolute Gasteiger partial charge is 0.485 e. The second kappa shape index (κ2) is 6.48. The molecular weight excluding hydrogens is 390 g/mol. The molecule has 2 aliphatic heterocycles. The molecule has 2 N–H and O–H groups in total. The van der Waals surface area contributed by atoms with E-state index in [0.29, 0.717) is 6.42 Å². The lowest BCUT2D eigenvalue weighted by atomic mass is 9.85. The summed E-state index contributed by atoms with van der Waals surface area (Å²) in [6, 6.07) is 1.74. The lowest BCUT2D eigenvalue weighted by molar-refractivity contribution is -0.140. The van der Waals surface area contributed by atoms with E-state index in [-0.39, 0.29) is 30.2 Å². The first kappa shape index (κ1) is 20.1. The maximum Gasteiger partial charge on any atom is 0.470 e. The van der Waals surface area contributed by atoms with E-state index in [2.05, 4.69) is 0 Å². The predicted octanol–water partition coefficient (Wildman–Crippen LogP) is 3.02. The van der Waals surface area contributed by atoms with E-state index in [4.69, 9.17) is 9.26 Å². The third-order valence-electron chi connectivity index (χ3n) is 4.70. The first-order valence-corrected chi connectivity index (χ1v) is 9.76. The number of carbonyl (C=O) groups is 1. The molecule has 3 rings (SSSR count). The number of hydrogen-bond donors (Lipinski definition) is 2. The summed E-state index contributed by atoms with van der Waals surface area (Å²) in [7, 11) is -5.01. The van der Waals surface area contributed by atoms with Crippen LogP contribution in [0.4, 0.5) is 13.2 Å². The second-order valence-corrected chi connectivity index (χ2v) is 8.30. The Morgan fingerprint density at radius 1 is 1.33 bits per heavy atom. The van der Waals surface area contributed by atoms with E-state index in [0.717, 1.165) is 18.2 Å². The topological polar surface area (TPSA) is 96.3 Å². The van der Waals surface area contributed by atoms with E-state index >= 15 is 0 Å². The Morgan fingerprint density at radius 3 is 2.52 bits per heavy atom. The van der Waals surface area contributed by atoms with Crippen LogP contribution >= 0.6 is 7.82 Å². The fraction of sp³-hybridized carbons (Fsp3) is 0.562. The average molecular weight is 409 g/mol. The number of fused-ring (bicyclic) bond motifs is 1. The summed E-state index contributed by atoms with van der Waals surface area (Å²) in [6.07, 6.45) is -5.29. The number of alkyl halides is 3. The fourth-order valence-electron chi connectivity index (χ4n) is 3.56. The van der Waals surface area contributed by atoms with Crippen molar-refractivity contribution in [1.29, 1.82) is 0 Å². The maximum absolute atomic E-state index is 13.2. The van der Waals surface area contributed by atoms with Gasteiger partial charge in [0.1, 0.15) is 17.5 Å². The van der Waals surface area contributed by atoms with Crippen molar-refractivity contribution in [1.82, 2.24) is 4.90 Å². The molecule has 2 heterocycles. The SMILES string of the molecule is CC1(C)Oc2ccc(C(F)(F)F)cc2[C@@H](N2CCCC2=O)[C@@H]1OP(=O)(O)O. The molecule has 0 aliphatic carbocycles. The zero-order chi connectivity index (χ0) is 20.2. The number of amides is 1. The van der Waals surface area contributed by atoms with Crippen LogP contribution in [-0.4, -0.2) is 38.8 Å². The summed E-state index contributed by atoms with van der Waals surface area (Å²) < 4.78 is 61.7. The lowest BCUT2D eigenvalue weighted by Crippen LogP contribution is -2.54. The van der Waals surface area contributed by atoms with Gasteiger partial charge in [0.2, 0.25) is 5.91 Å². The number of likely N-dealkylation sites (tertiary alicyclic amines) is 1. The molecule has 2 aliphatic rings. The van der Waals surface area contributed by atoms with E-state index in [1.807, 2.05) is 0 Å². The molecular formula is C16H19F3NO6P. The maximum atomic E-state index is 13.2. The Bertz CT molecular complexity index is 806. The van der Waals surface area contributed by atoms with Crippen LogP contribution in [0.25, 0.3) is 0 Å². The normalized spacial score (nSPS) is 25.3. The third kappa shape index (κ3) is 3.99. The highest BCUT2D eigenvalue weighted by molar-refractivity contribution is 7.46. The molecule has 2 atom stereocenters. The fourth-order valence-corrected chi connectivity index (χ4v) is 4.23. The van der Waals surface area contributed by atoms with Gasteiger partial charge in [-0.05, 0) is 38.5 Å². The number of rotatable bonds is 3. The number of phosphoric ester groups is 1. The highest BCUT2D eigenvalue weighted by Gasteiger charge is 2.52. The molecule has 1 aromatic carbocycles. The van der Waals surface area contributed by atoms with Gasteiger partial charge in [-0.1, -0.05) is 0 Å². The highest BCUT2D eigenvalue weighted by atomic mass is 31.2. The molecule has 27 heavy (non-hydrogen) atoms. The molecule has 1 aromatic rings. The summed E-state index contributed by atoms with van der Waals surface area (Å²) in [4.78, 5) is 32.2. The molecule has 150 valence electrons. The standard InChI is InChI=1S/C16H19F3NO6P/c1-15(2)14(26-27(22,23)24)13(20-7-3-4-12(20)21)10-8-9(16(17,18)19)5-6-11(10)25-15/h5-6,8,13-14H,3-4,7H2,1-2H3,(H2,22,23,24)/t13-,14+/m1/s1. The third-order valence-corrected chi connectivity index (χ3v) is 5.20. The van der Waals surface area contributed by atoms with Crippen molar-refractivity contribution in [3.05, 3.63) is 29.3 Å². The number of benzene rings is 1. The Balaban J connectivity index is 2.17. The molecule has 0 aromatic heterocycles. The van der Waals surface area contributed by atoms with E-state index < -0.39 is 37.3 Å². The van der Waals surface area contributed by atoms with Gasteiger partial charge in [-0.3, -0.25) is 9.32 Å². The first-order valence-electron chi connectivity index (χ1n) is 8.23. The van der Waals surface area contributed by atoms with Crippen molar-refractivity contribution < 1.29 is 41.6 Å². The summed E-state index contributed by atoms with van der Waals surface area (Å²) >= 11 is 0. The summed E-state index contributed by atoms with van der Waals surface area (Å²) in [6.45, 7) is 3.25. The monoisotopic (exact) mass is 409 g/mol. The highest BCUT2D eigenvalue weighted by Crippen LogP contribution is 2.52. The van der Waals surface area contributed by atoms with E-state index in [1.54, 1.807) is 0 Å². The Labute approximate surface area is 153 Å². The molecule has 1 fully saturated rings. The van der Waals surface area contributed by atoms with Crippen LogP contribution in [0.5, 0.6) is 5.75 Å². The summed E-state index contributed by atoms with van der Waals surface area (Å²) in [5.74, 6) is -0.205. The molecule has 0 spiro atoms. The zero-order valence-corrected chi connectivity index (χ0v) is 15.5. The van der Waals surface area contributed by atoms with Gasteiger partial charge in [0.25, 0.3) is 0 Å². The average Bonchev–Trinajstić information content (AvgIpc) is 2.91.